The molecule has 0 saturated carbocycles. The van der Waals surface area contributed by atoms with E-state index in [-0.39, 0.29) is 29.5 Å². The van der Waals surface area contributed by atoms with Crippen LogP contribution < -0.4 is 15.1 Å². The molecule has 7 nitrogen and oxygen atoms in total. The molecule has 1 aliphatic heterocycles. The highest BCUT2D eigenvalue weighted by Crippen LogP contribution is 2.32. The van der Waals surface area contributed by atoms with Gasteiger partial charge in [-0.2, -0.15) is 0 Å². The van der Waals surface area contributed by atoms with E-state index in [1.54, 1.807) is 19.1 Å². The van der Waals surface area contributed by atoms with E-state index in [2.05, 4.69) is 0 Å². The van der Waals surface area contributed by atoms with E-state index in [1.165, 1.54) is 13.2 Å². The molecular formula is C17H22O7. The first-order valence-electron chi connectivity index (χ1n) is 7.62. The molecule has 0 spiro atoms. The highest BCUT2D eigenvalue weighted by molar-refractivity contribution is 5.86. The van der Waals surface area contributed by atoms with Gasteiger partial charge in [-0.1, -0.05) is 0 Å². The minimum absolute atomic E-state index is 0.162. The topological polar surface area (TPSA) is 87.4 Å². The molecule has 0 amide bonds. The van der Waals surface area contributed by atoms with E-state index < -0.39 is 5.63 Å². The van der Waals surface area contributed by atoms with Crippen LogP contribution in [0.3, 0.4) is 0 Å². The Kier molecular flexibility index (Phi) is 5.69. The number of rotatable bonds is 3. The molecule has 1 saturated heterocycles. The lowest BCUT2D eigenvalue weighted by molar-refractivity contribution is -0.125. The minimum Gasteiger partial charge on any atom is -0.504 e. The van der Waals surface area contributed by atoms with Crippen molar-refractivity contribution in [2.75, 3.05) is 26.9 Å². The van der Waals surface area contributed by atoms with Crippen molar-refractivity contribution in [1.82, 2.24) is 0 Å². The van der Waals surface area contributed by atoms with Crippen LogP contribution in [-0.2, 0) is 9.47 Å². The van der Waals surface area contributed by atoms with Gasteiger partial charge in [-0.25, -0.2) is 4.79 Å². The van der Waals surface area contributed by atoms with Crippen LogP contribution in [0.25, 0.3) is 11.0 Å². The zero-order valence-electron chi connectivity index (χ0n) is 14.3. The molecule has 3 rings (SSSR count). The van der Waals surface area contributed by atoms with Gasteiger partial charge in [0, 0.05) is 6.07 Å². The van der Waals surface area contributed by atoms with E-state index in [0.29, 0.717) is 11.1 Å². The largest absolute Gasteiger partial charge is 0.504 e. The smallest absolute Gasteiger partial charge is 0.383 e. The lowest BCUT2D eigenvalue weighted by Crippen LogP contribution is -2.18. The third kappa shape index (κ3) is 4.18. The normalized spacial score (nSPS) is 15.7. The summed E-state index contributed by atoms with van der Waals surface area (Å²) in [5.74, 6) is -0.130. The third-order valence-electron chi connectivity index (χ3n) is 3.32. The van der Waals surface area contributed by atoms with Gasteiger partial charge in [0.1, 0.15) is 11.3 Å². The molecule has 7 heteroatoms. The summed E-state index contributed by atoms with van der Waals surface area (Å²) in [7, 11) is 1.51. The Morgan fingerprint density at radius 3 is 2.42 bits per heavy atom. The van der Waals surface area contributed by atoms with Crippen LogP contribution in [0, 0.1) is 0 Å². The van der Waals surface area contributed by atoms with Crippen LogP contribution >= 0.6 is 0 Å². The van der Waals surface area contributed by atoms with Crippen LogP contribution in [0.15, 0.2) is 27.4 Å². The molecule has 0 atom stereocenters. The predicted molar refractivity (Wildman–Crippen MR) is 87.9 cm³/mol. The Hall–Kier alpha value is -2.25. The maximum Gasteiger partial charge on any atom is 0.383 e. The van der Waals surface area contributed by atoms with E-state index >= 15 is 0 Å². The molecule has 0 bridgehead atoms. The first kappa shape index (κ1) is 18.1. The summed E-state index contributed by atoms with van der Waals surface area (Å²) in [5.41, 5.74) is -0.444. The second-order valence-corrected chi connectivity index (χ2v) is 5.46. The highest BCUT2D eigenvalue weighted by atomic mass is 16.7. The Balaban J connectivity index is 0.000000249. The van der Waals surface area contributed by atoms with E-state index in [1.807, 2.05) is 13.8 Å². The quantitative estimate of drug-likeness (QED) is 0.861. The standard InChI is InChI=1S/C12H12O5.C5H10O2/c1-3-16-11-10(13)8-5-4-7(15-2)6-9(8)17-12(11)14;1-5(2)6-3-4-7-5/h4-6,13H,3H2,1-2H3;3-4H2,1-2H3. The maximum atomic E-state index is 11.6. The molecule has 0 unspecified atom stereocenters. The molecule has 1 aromatic carbocycles. The second kappa shape index (κ2) is 7.55. The van der Waals surface area contributed by atoms with Crippen LogP contribution in [0.4, 0.5) is 0 Å². The van der Waals surface area contributed by atoms with Gasteiger partial charge < -0.3 is 28.5 Å². The first-order chi connectivity index (χ1) is 11.4. The molecule has 0 aliphatic carbocycles. The van der Waals surface area contributed by atoms with Gasteiger partial charge in [-0.15, -0.1) is 0 Å². The lowest BCUT2D eigenvalue weighted by atomic mass is 10.2. The van der Waals surface area contributed by atoms with Gasteiger partial charge in [0.2, 0.25) is 5.75 Å². The van der Waals surface area contributed by atoms with Crippen LogP contribution in [0.2, 0.25) is 0 Å². The Morgan fingerprint density at radius 2 is 1.92 bits per heavy atom. The Labute approximate surface area is 139 Å². The summed E-state index contributed by atoms with van der Waals surface area (Å²) >= 11 is 0. The average Bonchev–Trinajstić information content (AvgIpc) is 2.95. The van der Waals surface area contributed by atoms with Crippen LogP contribution in [0.5, 0.6) is 17.2 Å². The molecule has 1 aliphatic rings. The fourth-order valence-electron chi connectivity index (χ4n) is 2.16. The van der Waals surface area contributed by atoms with Gasteiger partial charge in [-0.05, 0) is 32.9 Å². The number of hydrogen-bond acceptors (Lipinski definition) is 7. The van der Waals surface area contributed by atoms with Gasteiger partial charge in [0.15, 0.2) is 11.5 Å². The van der Waals surface area contributed by atoms with Crippen molar-refractivity contribution in [3.8, 4) is 17.2 Å². The molecule has 0 radical (unpaired) electrons. The first-order valence-corrected chi connectivity index (χ1v) is 7.62. The van der Waals surface area contributed by atoms with Gasteiger partial charge in [-0.3, -0.25) is 0 Å². The van der Waals surface area contributed by atoms with Gasteiger partial charge >= 0.3 is 5.63 Å². The zero-order valence-corrected chi connectivity index (χ0v) is 14.3. The SMILES string of the molecule is CC1(C)OCCO1.CCOc1c(O)c2ccc(OC)cc2oc1=O. The highest BCUT2D eigenvalue weighted by Gasteiger charge is 2.23. The summed E-state index contributed by atoms with van der Waals surface area (Å²) in [6, 6.07) is 4.80. The number of aromatic hydroxyl groups is 1. The Bertz CT molecular complexity index is 740. The monoisotopic (exact) mass is 338 g/mol. The molecule has 1 aromatic heterocycles. The summed E-state index contributed by atoms with van der Waals surface area (Å²) < 4.78 is 25.3. The number of benzene rings is 1. The van der Waals surface area contributed by atoms with E-state index in [0.717, 1.165) is 13.2 Å². The molecule has 1 N–H and O–H groups in total. The van der Waals surface area contributed by atoms with Crippen LogP contribution in [0.1, 0.15) is 20.8 Å². The summed E-state index contributed by atoms with van der Waals surface area (Å²) in [6.45, 7) is 7.32. The molecule has 24 heavy (non-hydrogen) atoms. The molecule has 2 aromatic rings. The number of methoxy groups -OCH3 is 1. The summed E-state index contributed by atoms with van der Waals surface area (Å²) in [5, 5.41) is 10.3. The van der Waals surface area contributed by atoms with Crippen molar-refractivity contribution in [2.24, 2.45) is 0 Å². The van der Waals surface area contributed by atoms with Gasteiger partial charge in [0.05, 0.1) is 32.3 Å². The van der Waals surface area contributed by atoms with E-state index in [4.69, 9.17) is 23.4 Å². The number of ether oxygens (including phenoxy) is 4. The van der Waals surface area contributed by atoms with Gasteiger partial charge in [0.25, 0.3) is 0 Å². The average molecular weight is 338 g/mol. The summed E-state index contributed by atoms with van der Waals surface area (Å²) in [6.07, 6.45) is 0. The Morgan fingerprint density at radius 1 is 1.25 bits per heavy atom. The fourth-order valence-corrected chi connectivity index (χ4v) is 2.16. The van der Waals surface area contributed by atoms with Crippen molar-refractivity contribution in [3.05, 3.63) is 28.6 Å². The maximum absolute atomic E-state index is 11.6. The van der Waals surface area contributed by atoms with Crippen molar-refractivity contribution < 1.29 is 28.5 Å². The molecule has 2 heterocycles. The minimum atomic E-state index is -0.704. The predicted octanol–water partition coefficient (Wildman–Crippen LogP) is 2.68. The molecule has 132 valence electrons. The zero-order chi connectivity index (χ0) is 17.7. The molecule has 1 fully saturated rings. The fraction of sp³-hybridized carbons (Fsp3) is 0.471. The lowest BCUT2D eigenvalue weighted by Gasteiger charge is -2.13. The van der Waals surface area contributed by atoms with Crippen molar-refractivity contribution >= 4 is 11.0 Å². The third-order valence-corrected chi connectivity index (χ3v) is 3.32. The van der Waals surface area contributed by atoms with Crippen molar-refractivity contribution in [1.29, 1.82) is 0 Å². The van der Waals surface area contributed by atoms with Crippen LogP contribution in [-0.4, -0.2) is 37.8 Å². The van der Waals surface area contributed by atoms with Crippen molar-refractivity contribution in [3.63, 3.8) is 0 Å². The summed E-state index contributed by atoms with van der Waals surface area (Å²) in [4.78, 5) is 11.6. The van der Waals surface area contributed by atoms with Crippen molar-refractivity contribution in [2.45, 2.75) is 26.6 Å². The second-order valence-electron chi connectivity index (χ2n) is 5.46. The number of hydrogen-bond donors (Lipinski definition) is 1. The molecular weight excluding hydrogens is 316 g/mol. The number of fused-ring (bicyclic) bond motifs is 1. The van der Waals surface area contributed by atoms with E-state index in [9.17, 15) is 9.90 Å².